The Morgan fingerprint density at radius 1 is 1.14 bits per heavy atom. The van der Waals surface area contributed by atoms with Crippen molar-refractivity contribution in [1.82, 2.24) is 10.2 Å². The maximum atomic E-state index is 3.83. The van der Waals surface area contributed by atoms with Crippen molar-refractivity contribution in [1.29, 1.82) is 0 Å². The van der Waals surface area contributed by atoms with Gasteiger partial charge < -0.3 is 10.2 Å². The van der Waals surface area contributed by atoms with Crippen LogP contribution < -0.4 is 5.32 Å². The van der Waals surface area contributed by atoms with Gasteiger partial charge in [0.25, 0.3) is 0 Å². The molecule has 0 radical (unpaired) electrons. The van der Waals surface area contributed by atoms with E-state index in [4.69, 9.17) is 0 Å². The van der Waals surface area contributed by atoms with Crippen LogP contribution in [0, 0.1) is 17.8 Å². The Kier molecular flexibility index (Phi) is 9.59. The van der Waals surface area contributed by atoms with E-state index in [0.29, 0.717) is 0 Å². The molecule has 1 N–H and O–H groups in total. The van der Waals surface area contributed by atoms with Gasteiger partial charge >= 0.3 is 0 Å². The Morgan fingerprint density at radius 3 is 2.52 bits per heavy atom. The molecule has 0 aromatic heterocycles. The van der Waals surface area contributed by atoms with Gasteiger partial charge in [0.2, 0.25) is 0 Å². The SMILES string of the molecule is CCCNC1CCC(CCC)CC1CN(C)CCC(C)C. The largest absolute Gasteiger partial charge is 0.314 e. The highest BCUT2D eigenvalue weighted by atomic mass is 15.1. The molecule has 2 nitrogen and oxygen atoms in total. The summed E-state index contributed by atoms with van der Waals surface area (Å²) in [6.07, 6.45) is 9.66. The minimum Gasteiger partial charge on any atom is -0.314 e. The molecule has 3 atom stereocenters. The van der Waals surface area contributed by atoms with Crippen molar-refractivity contribution in [3.8, 4) is 0 Å². The molecule has 0 aromatic rings. The average Bonchev–Trinajstić information content (AvgIpc) is 2.44. The van der Waals surface area contributed by atoms with Gasteiger partial charge in [-0.1, -0.05) is 40.5 Å². The fourth-order valence-corrected chi connectivity index (χ4v) is 3.80. The summed E-state index contributed by atoms with van der Waals surface area (Å²) in [5.41, 5.74) is 0. The molecule has 0 bridgehead atoms. The number of nitrogens with zero attached hydrogens (tertiary/aromatic N) is 1. The summed E-state index contributed by atoms with van der Waals surface area (Å²) in [5.74, 6) is 2.66. The lowest BCUT2D eigenvalue weighted by Crippen LogP contribution is -2.45. The molecule has 1 saturated carbocycles. The lowest BCUT2D eigenvalue weighted by Gasteiger charge is -2.39. The van der Waals surface area contributed by atoms with Gasteiger partial charge in [-0.25, -0.2) is 0 Å². The number of rotatable bonds is 10. The van der Waals surface area contributed by atoms with Gasteiger partial charge in [-0.05, 0) is 70.0 Å². The minimum absolute atomic E-state index is 0.763. The molecular formula is C19H40N2. The van der Waals surface area contributed by atoms with Crippen LogP contribution in [0.3, 0.4) is 0 Å². The standard InChI is InChI=1S/C19H40N2/c1-6-8-17-9-10-19(20-12-7-2)18(14-17)15-21(5)13-11-16(3)4/h16-20H,6-15H2,1-5H3. The van der Waals surface area contributed by atoms with Crippen molar-refractivity contribution in [2.24, 2.45) is 17.8 Å². The molecule has 1 aliphatic rings. The van der Waals surface area contributed by atoms with E-state index in [-0.39, 0.29) is 0 Å². The molecule has 1 aliphatic carbocycles. The summed E-state index contributed by atoms with van der Waals surface area (Å²) in [6.45, 7) is 13.0. The molecule has 0 spiro atoms. The zero-order valence-corrected chi connectivity index (χ0v) is 15.3. The number of hydrogen-bond acceptors (Lipinski definition) is 2. The highest BCUT2D eigenvalue weighted by Crippen LogP contribution is 2.32. The summed E-state index contributed by atoms with van der Waals surface area (Å²) >= 11 is 0. The number of hydrogen-bond donors (Lipinski definition) is 1. The first-order chi connectivity index (χ1) is 10.1. The van der Waals surface area contributed by atoms with Crippen LogP contribution in [0.15, 0.2) is 0 Å². The van der Waals surface area contributed by atoms with Crippen LogP contribution in [0.1, 0.15) is 72.6 Å². The first-order valence-electron chi connectivity index (χ1n) is 9.48. The molecule has 126 valence electrons. The first-order valence-corrected chi connectivity index (χ1v) is 9.48. The van der Waals surface area contributed by atoms with Gasteiger partial charge in [0.05, 0.1) is 0 Å². The quantitative estimate of drug-likeness (QED) is 0.636. The van der Waals surface area contributed by atoms with Crippen molar-refractivity contribution in [3.63, 3.8) is 0 Å². The fraction of sp³-hybridized carbons (Fsp3) is 1.00. The van der Waals surface area contributed by atoms with Crippen molar-refractivity contribution >= 4 is 0 Å². The fourth-order valence-electron chi connectivity index (χ4n) is 3.80. The molecule has 0 amide bonds. The zero-order valence-electron chi connectivity index (χ0n) is 15.3. The molecular weight excluding hydrogens is 256 g/mol. The molecule has 2 heteroatoms. The number of nitrogens with one attached hydrogen (secondary N) is 1. The highest BCUT2D eigenvalue weighted by molar-refractivity contribution is 4.86. The zero-order chi connectivity index (χ0) is 15.7. The van der Waals surface area contributed by atoms with Crippen LogP contribution in [0.5, 0.6) is 0 Å². The summed E-state index contributed by atoms with van der Waals surface area (Å²) < 4.78 is 0. The van der Waals surface area contributed by atoms with Gasteiger partial charge in [0.1, 0.15) is 0 Å². The van der Waals surface area contributed by atoms with E-state index < -0.39 is 0 Å². The Morgan fingerprint density at radius 2 is 1.90 bits per heavy atom. The molecule has 21 heavy (non-hydrogen) atoms. The van der Waals surface area contributed by atoms with Crippen LogP contribution in [-0.2, 0) is 0 Å². The molecule has 1 rings (SSSR count). The van der Waals surface area contributed by atoms with Crippen molar-refractivity contribution in [2.75, 3.05) is 26.7 Å². The van der Waals surface area contributed by atoms with E-state index in [2.05, 4.69) is 45.0 Å². The van der Waals surface area contributed by atoms with Crippen LogP contribution in [0.4, 0.5) is 0 Å². The molecule has 0 aliphatic heterocycles. The van der Waals surface area contributed by atoms with E-state index in [9.17, 15) is 0 Å². The predicted octanol–water partition coefficient (Wildman–Crippen LogP) is 4.55. The van der Waals surface area contributed by atoms with Crippen LogP contribution >= 0.6 is 0 Å². The van der Waals surface area contributed by atoms with Crippen molar-refractivity contribution in [2.45, 2.75) is 78.7 Å². The highest BCUT2D eigenvalue weighted by Gasteiger charge is 2.30. The Labute approximate surface area is 134 Å². The van der Waals surface area contributed by atoms with Crippen LogP contribution in [0.25, 0.3) is 0 Å². The van der Waals surface area contributed by atoms with E-state index in [1.165, 1.54) is 64.6 Å². The molecule has 1 fully saturated rings. The summed E-state index contributed by atoms with van der Waals surface area (Å²) in [5, 5.41) is 3.83. The molecule has 0 saturated heterocycles. The second kappa shape index (κ2) is 10.6. The summed E-state index contributed by atoms with van der Waals surface area (Å²) in [7, 11) is 2.32. The Hall–Kier alpha value is -0.0800. The molecule has 0 aromatic carbocycles. The van der Waals surface area contributed by atoms with Gasteiger partial charge in [0, 0.05) is 12.6 Å². The van der Waals surface area contributed by atoms with Gasteiger partial charge in [-0.3, -0.25) is 0 Å². The van der Waals surface area contributed by atoms with E-state index in [0.717, 1.165) is 23.8 Å². The second-order valence-electron chi connectivity index (χ2n) is 7.73. The smallest absolute Gasteiger partial charge is 0.0108 e. The predicted molar refractivity (Wildman–Crippen MR) is 94.8 cm³/mol. The topological polar surface area (TPSA) is 15.3 Å². The van der Waals surface area contributed by atoms with Gasteiger partial charge in [-0.15, -0.1) is 0 Å². The third-order valence-corrected chi connectivity index (χ3v) is 5.08. The first kappa shape index (κ1) is 19.0. The summed E-state index contributed by atoms with van der Waals surface area (Å²) in [6, 6.07) is 0.763. The van der Waals surface area contributed by atoms with Gasteiger partial charge in [0.15, 0.2) is 0 Å². The summed E-state index contributed by atoms with van der Waals surface area (Å²) in [4.78, 5) is 2.58. The van der Waals surface area contributed by atoms with Gasteiger partial charge in [-0.2, -0.15) is 0 Å². The Bertz CT molecular complexity index is 252. The molecule has 0 heterocycles. The third kappa shape index (κ3) is 7.65. The second-order valence-corrected chi connectivity index (χ2v) is 7.73. The Balaban J connectivity index is 2.47. The third-order valence-electron chi connectivity index (χ3n) is 5.08. The lowest BCUT2D eigenvalue weighted by molar-refractivity contribution is 0.146. The lowest BCUT2D eigenvalue weighted by atomic mass is 9.76. The van der Waals surface area contributed by atoms with Crippen LogP contribution in [-0.4, -0.2) is 37.6 Å². The van der Waals surface area contributed by atoms with E-state index in [1.54, 1.807) is 0 Å². The van der Waals surface area contributed by atoms with E-state index in [1.807, 2.05) is 0 Å². The maximum absolute atomic E-state index is 3.83. The maximum Gasteiger partial charge on any atom is 0.0108 e. The van der Waals surface area contributed by atoms with Crippen molar-refractivity contribution < 1.29 is 0 Å². The van der Waals surface area contributed by atoms with E-state index >= 15 is 0 Å². The monoisotopic (exact) mass is 296 g/mol. The van der Waals surface area contributed by atoms with Crippen LogP contribution in [0.2, 0.25) is 0 Å². The normalized spacial score (nSPS) is 26.7. The van der Waals surface area contributed by atoms with Crippen molar-refractivity contribution in [3.05, 3.63) is 0 Å². The average molecular weight is 297 g/mol. The minimum atomic E-state index is 0.763. The molecule has 3 unspecified atom stereocenters.